The van der Waals surface area contributed by atoms with Gasteiger partial charge in [-0.15, -0.1) is 0 Å². The highest BCUT2D eigenvalue weighted by Gasteiger charge is 2.25. The molecule has 3 rings (SSSR count). The number of carbonyl (C=O) groups excluding carboxylic acids is 1. The van der Waals surface area contributed by atoms with Crippen molar-refractivity contribution in [2.45, 2.75) is 0 Å². The standard InChI is InChI=1S/C16H17N3O/c1-18-9-10-19(15-8-3-2-7-14(15)18)16(20)12-5-4-6-13(17)11-12/h2-8,11H,9-10,17H2,1H3. The van der Waals surface area contributed by atoms with Gasteiger partial charge in [0.15, 0.2) is 0 Å². The van der Waals surface area contributed by atoms with Gasteiger partial charge in [-0.05, 0) is 30.3 Å². The van der Waals surface area contributed by atoms with Gasteiger partial charge in [0.1, 0.15) is 0 Å². The molecule has 0 aromatic heterocycles. The molecule has 2 aromatic carbocycles. The minimum Gasteiger partial charge on any atom is -0.399 e. The van der Waals surface area contributed by atoms with E-state index in [0.29, 0.717) is 17.8 Å². The van der Waals surface area contributed by atoms with Crippen LogP contribution in [-0.2, 0) is 0 Å². The van der Waals surface area contributed by atoms with E-state index in [1.165, 1.54) is 0 Å². The van der Waals surface area contributed by atoms with Crippen molar-refractivity contribution < 1.29 is 4.79 Å². The molecule has 102 valence electrons. The number of nitrogen functional groups attached to an aromatic ring is 1. The van der Waals surface area contributed by atoms with Gasteiger partial charge in [0.2, 0.25) is 0 Å². The van der Waals surface area contributed by atoms with Gasteiger partial charge < -0.3 is 15.5 Å². The van der Waals surface area contributed by atoms with Crippen LogP contribution < -0.4 is 15.5 Å². The lowest BCUT2D eigenvalue weighted by molar-refractivity contribution is 0.0987. The zero-order chi connectivity index (χ0) is 14.1. The summed E-state index contributed by atoms with van der Waals surface area (Å²) in [6, 6.07) is 15.1. The lowest BCUT2D eigenvalue weighted by atomic mass is 10.1. The summed E-state index contributed by atoms with van der Waals surface area (Å²) in [5, 5.41) is 0. The number of hydrogen-bond acceptors (Lipinski definition) is 3. The Bertz CT molecular complexity index is 654. The molecule has 1 aliphatic rings. The van der Waals surface area contributed by atoms with Crippen molar-refractivity contribution in [1.82, 2.24) is 0 Å². The average molecular weight is 267 g/mol. The number of likely N-dealkylation sites (N-methyl/N-ethyl adjacent to an activating group) is 1. The van der Waals surface area contributed by atoms with Crippen LogP contribution in [0.5, 0.6) is 0 Å². The molecular formula is C16H17N3O. The number of nitrogens with two attached hydrogens (primary N) is 1. The smallest absolute Gasteiger partial charge is 0.258 e. The van der Waals surface area contributed by atoms with Crippen molar-refractivity contribution in [3.63, 3.8) is 0 Å². The Morgan fingerprint density at radius 2 is 1.80 bits per heavy atom. The number of anilines is 3. The zero-order valence-corrected chi connectivity index (χ0v) is 11.4. The van der Waals surface area contributed by atoms with Gasteiger partial charge in [-0.25, -0.2) is 0 Å². The van der Waals surface area contributed by atoms with Crippen LogP contribution in [0.15, 0.2) is 48.5 Å². The summed E-state index contributed by atoms with van der Waals surface area (Å²) in [4.78, 5) is 16.7. The van der Waals surface area contributed by atoms with E-state index in [1.54, 1.807) is 18.2 Å². The lowest BCUT2D eigenvalue weighted by Gasteiger charge is -2.35. The molecule has 0 unspecified atom stereocenters. The summed E-state index contributed by atoms with van der Waals surface area (Å²) in [5.41, 5.74) is 9.03. The Morgan fingerprint density at radius 3 is 2.55 bits per heavy atom. The van der Waals surface area contributed by atoms with Crippen LogP contribution in [0, 0.1) is 0 Å². The van der Waals surface area contributed by atoms with Crippen LogP contribution >= 0.6 is 0 Å². The number of benzene rings is 2. The molecule has 0 saturated carbocycles. The van der Waals surface area contributed by atoms with Crippen molar-refractivity contribution >= 4 is 23.0 Å². The molecule has 0 fully saturated rings. The first-order valence-electron chi connectivity index (χ1n) is 6.64. The number of fused-ring (bicyclic) bond motifs is 1. The predicted octanol–water partition coefficient (Wildman–Crippen LogP) is 2.37. The molecule has 4 heteroatoms. The summed E-state index contributed by atoms with van der Waals surface area (Å²) in [5.74, 6) is -0.00199. The second kappa shape index (κ2) is 4.89. The first kappa shape index (κ1) is 12.5. The van der Waals surface area contributed by atoms with Crippen LogP contribution in [0.25, 0.3) is 0 Å². The highest BCUT2D eigenvalue weighted by atomic mass is 16.2. The SMILES string of the molecule is CN1CCN(C(=O)c2cccc(N)c2)c2ccccc21. The molecule has 0 aliphatic carbocycles. The fourth-order valence-electron chi connectivity index (χ4n) is 2.54. The lowest BCUT2D eigenvalue weighted by Crippen LogP contribution is -2.42. The van der Waals surface area contributed by atoms with E-state index >= 15 is 0 Å². The summed E-state index contributed by atoms with van der Waals surface area (Å²) < 4.78 is 0. The quantitative estimate of drug-likeness (QED) is 0.807. The highest BCUT2D eigenvalue weighted by molar-refractivity contribution is 6.08. The van der Waals surface area contributed by atoms with E-state index in [2.05, 4.69) is 4.90 Å². The fourth-order valence-corrected chi connectivity index (χ4v) is 2.54. The maximum absolute atomic E-state index is 12.7. The molecule has 0 saturated heterocycles. The van der Waals surface area contributed by atoms with E-state index in [4.69, 9.17) is 5.73 Å². The van der Waals surface area contributed by atoms with Crippen LogP contribution in [0.4, 0.5) is 17.1 Å². The third-order valence-electron chi connectivity index (χ3n) is 3.62. The molecule has 0 atom stereocenters. The van der Waals surface area contributed by atoms with E-state index in [0.717, 1.165) is 17.9 Å². The number of carbonyl (C=O) groups is 1. The van der Waals surface area contributed by atoms with Gasteiger partial charge in [0.25, 0.3) is 5.91 Å². The van der Waals surface area contributed by atoms with E-state index < -0.39 is 0 Å². The van der Waals surface area contributed by atoms with Crippen LogP contribution in [-0.4, -0.2) is 26.0 Å². The van der Waals surface area contributed by atoms with E-state index in [-0.39, 0.29) is 5.91 Å². The second-order valence-electron chi connectivity index (χ2n) is 4.99. The Morgan fingerprint density at radius 1 is 1.05 bits per heavy atom. The Labute approximate surface area is 118 Å². The molecule has 0 radical (unpaired) electrons. The van der Waals surface area contributed by atoms with Gasteiger partial charge >= 0.3 is 0 Å². The third kappa shape index (κ3) is 2.09. The summed E-state index contributed by atoms with van der Waals surface area (Å²) in [7, 11) is 2.04. The van der Waals surface area contributed by atoms with Crippen molar-refractivity contribution in [3.05, 3.63) is 54.1 Å². The normalized spacial score (nSPS) is 14.1. The molecule has 4 nitrogen and oxygen atoms in total. The first-order valence-corrected chi connectivity index (χ1v) is 6.64. The monoisotopic (exact) mass is 267 g/mol. The molecule has 1 amide bonds. The number of hydrogen-bond donors (Lipinski definition) is 1. The second-order valence-corrected chi connectivity index (χ2v) is 4.99. The van der Waals surface area contributed by atoms with Gasteiger partial charge in [-0.3, -0.25) is 4.79 Å². The largest absolute Gasteiger partial charge is 0.399 e. The molecule has 1 aliphatic heterocycles. The topological polar surface area (TPSA) is 49.6 Å². The van der Waals surface area contributed by atoms with Gasteiger partial charge in [0, 0.05) is 31.4 Å². The minimum atomic E-state index is -0.00199. The molecule has 0 spiro atoms. The van der Waals surface area contributed by atoms with E-state index in [9.17, 15) is 4.79 Å². The minimum absolute atomic E-state index is 0.00199. The molecular weight excluding hydrogens is 250 g/mol. The summed E-state index contributed by atoms with van der Waals surface area (Å²) >= 11 is 0. The Hall–Kier alpha value is -2.49. The number of amides is 1. The zero-order valence-electron chi connectivity index (χ0n) is 11.4. The summed E-state index contributed by atoms with van der Waals surface area (Å²) in [6.07, 6.45) is 0. The Balaban J connectivity index is 1.99. The van der Waals surface area contributed by atoms with Crippen LogP contribution in [0.1, 0.15) is 10.4 Å². The number of nitrogens with zero attached hydrogens (tertiary/aromatic N) is 2. The molecule has 0 bridgehead atoms. The van der Waals surface area contributed by atoms with Crippen LogP contribution in [0.3, 0.4) is 0 Å². The average Bonchev–Trinajstić information content (AvgIpc) is 2.47. The molecule has 1 heterocycles. The summed E-state index contributed by atoms with van der Waals surface area (Å²) in [6.45, 7) is 1.51. The van der Waals surface area contributed by atoms with Crippen molar-refractivity contribution in [3.8, 4) is 0 Å². The van der Waals surface area contributed by atoms with E-state index in [1.807, 2.05) is 42.3 Å². The first-order chi connectivity index (χ1) is 9.66. The van der Waals surface area contributed by atoms with Gasteiger partial charge in [-0.1, -0.05) is 18.2 Å². The van der Waals surface area contributed by atoms with Gasteiger partial charge in [-0.2, -0.15) is 0 Å². The highest BCUT2D eigenvalue weighted by Crippen LogP contribution is 2.32. The fraction of sp³-hybridized carbons (Fsp3) is 0.188. The maximum atomic E-state index is 12.7. The Kier molecular flexibility index (Phi) is 3.06. The molecule has 2 aromatic rings. The number of para-hydroxylation sites is 2. The molecule has 20 heavy (non-hydrogen) atoms. The van der Waals surface area contributed by atoms with Crippen molar-refractivity contribution in [1.29, 1.82) is 0 Å². The predicted molar refractivity (Wildman–Crippen MR) is 82.2 cm³/mol. The van der Waals surface area contributed by atoms with Crippen molar-refractivity contribution in [2.24, 2.45) is 0 Å². The number of rotatable bonds is 1. The third-order valence-corrected chi connectivity index (χ3v) is 3.62. The van der Waals surface area contributed by atoms with Gasteiger partial charge in [0.05, 0.1) is 11.4 Å². The van der Waals surface area contributed by atoms with Crippen molar-refractivity contribution in [2.75, 3.05) is 35.7 Å². The maximum Gasteiger partial charge on any atom is 0.258 e. The van der Waals surface area contributed by atoms with Crippen LogP contribution in [0.2, 0.25) is 0 Å². The molecule has 2 N–H and O–H groups in total.